The van der Waals surface area contributed by atoms with Gasteiger partial charge in [-0.25, -0.2) is 9.78 Å². The minimum Gasteiger partial charge on any atom is -0.290 e. The lowest BCUT2D eigenvalue weighted by molar-refractivity contribution is 0.254. The molecule has 1 aromatic carbocycles. The SMILES string of the molecule is Cc1ccncc1N1CC(C)(C)N(c2ccc3ncsc3c2)C1=O. The maximum Gasteiger partial charge on any atom is 0.329 e. The Labute approximate surface area is 144 Å². The Morgan fingerprint density at radius 1 is 1.25 bits per heavy atom. The summed E-state index contributed by atoms with van der Waals surface area (Å²) in [4.78, 5) is 25.4. The van der Waals surface area contributed by atoms with Crippen LogP contribution in [-0.2, 0) is 0 Å². The van der Waals surface area contributed by atoms with Gasteiger partial charge in [-0.3, -0.25) is 14.8 Å². The Morgan fingerprint density at radius 3 is 2.88 bits per heavy atom. The number of thiazole rings is 1. The second kappa shape index (κ2) is 5.27. The summed E-state index contributed by atoms with van der Waals surface area (Å²) in [5.41, 5.74) is 5.32. The molecule has 0 unspecified atom stereocenters. The average molecular weight is 338 g/mol. The number of carbonyl (C=O) groups is 1. The molecule has 2 aromatic heterocycles. The highest BCUT2D eigenvalue weighted by atomic mass is 32.1. The Balaban J connectivity index is 1.78. The Kier molecular flexibility index (Phi) is 3.31. The summed E-state index contributed by atoms with van der Waals surface area (Å²) in [5, 5.41) is 0. The number of benzene rings is 1. The van der Waals surface area contributed by atoms with Crippen molar-refractivity contribution in [2.24, 2.45) is 0 Å². The van der Waals surface area contributed by atoms with E-state index < -0.39 is 0 Å². The molecule has 24 heavy (non-hydrogen) atoms. The molecular weight excluding hydrogens is 320 g/mol. The first-order valence-corrected chi connectivity index (χ1v) is 8.71. The van der Waals surface area contributed by atoms with Crippen LogP contribution in [0.2, 0.25) is 0 Å². The number of carbonyl (C=O) groups excluding carboxylic acids is 1. The predicted molar refractivity (Wildman–Crippen MR) is 97.9 cm³/mol. The third kappa shape index (κ3) is 2.26. The highest BCUT2D eigenvalue weighted by Crippen LogP contribution is 2.37. The number of aryl methyl sites for hydroxylation is 1. The summed E-state index contributed by atoms with van der Waals surface area (Å²) in [7, 11) is 0. The first-order valence-electron chi connectivity index (χ1n) is 7.83. The van der Waals surface area contributed by atoms with Crippen molar-refractivity contribution in [3.05, 3.63) is 47.7 Å². The molecule has 1 aliphatic rings. The van der Waals surface area contributed by atoms with Crippen LogP contribution in [0, 0.1) is 6.92 Å². The monoisotopic (exact) mass is 338 g/mol. The lowest BCUT2D eigenvalue weighted by atomic mass is 10.0. The number of aromatic nitrogens is 2. The minimum atomic E-state index is -0.308. The maximum absolute atomic E-state index is 13.2. The molecule has 5 nitrogen and oxygen atoms in total. The van der Waals surface area contributed by atoms with Crippen LogP contribution in [0.15, 0.2) is 42.2 Å². The van der Waals surface area contributed by atoms with E-state index in [2.05, 4.69) is 23.8 Å². The lowest BCUT2D eigenvalue weighted by Gasteiger charge is -2.29. The van der Waals surface area contributed by atoms with Crippen LogP contribution in [0.25, 0.3) is 10.2 Å². The number of anilines is 2. The quantitative estimate of drug-likeness (QED) is 0.703. The second-order valence-electron chi connectivity index (χ2n) is 6.68. The van der Waals surface area contributed by atoms with Crippen molar-refractivity contribution in [2.75, 3.05) is 16.3 Å². The van der Waals surface area contributed by atoms with E-state index in [0.717, 1.165) is 27.2 Å². The number of amides is 2. The minimum absolute atomic E-state index is 0.0139. The number of nitrogens with zero attached hydrogens (tertiary/aromatic N) is 4. The molecule has 6 heteroatoms. The molecule has 0 radical (unpaired) electrons. The summed E-state index contributed by atoms with van der Waals surface area (Å²) in [6.45, 7) is 6.81. The van der Waals surface area contributed by atoms with Crippen molar-refractivity contribution in [2.45, 2.75) is 26.3 Å². The van der Waals surface area contributed by atoms with Crippen LogP contribution < -0.4 is 9.80 Å². The first kappa shape index (κ1) is 15.1. The summed E-state index contributed by atoms with van der Waals surface area (Å²) in [5.74, 6) is 0. The van der Waals surface area contributed by atoms with E-state index in [4.69, 9.17) is 0 Å². The molecule has 0 aliphatic carbocycles. The molecular formula is C18H18N4OS. The van der Waals surface area contributed by atoms with Crippen LogP contribution in [0.3, 0.4) is 0 Å². The molecule has 3 aromatic rings. The summed E-state index contributed by atoms with van der Waals surface area (Å²) >= 11 is 1.59. The van der Waals surface area contributed by atoms with Gasteiger partial charge in [-0.05, 0) is 50.6 Å². The van der Waals surface area contributed by atoms with Gasteiger partial charge >= 0.3 is 6.03 Å². The molecule has 1 fully saturated rings. The van der Waals surface area contributed by atoms with E-state index >= 15 is 0 Å². The zero-order valence-corrected chi connectivity index (χ0v) is 14.7. The zero-order chi connectivity index (χ0) is 16.9. The predicted octanol–water partition coefficient (Wildman–Crippen LogP) is 4.22. The molecule has 1 aliphatic heterocycles. The molecule has 3 heterocycles. The summed E-state index contributed by atoms with van der Waals surface area (Å²) in [6.07, 6.45) is 3.51. The van der Waals surface area contributed by atoms with Gasteiger partial charge in [0.1, 0.15) is 0 Å². The molecule has 0 atom stereocenters. The van der Waals surface area contributed by atoms with E-state index in [-0.39, 0.29) is 11.6 Å². The van der Waals surface area contributed by atoms with Crippen molar-refractivity contribution < 1.29 is 4.79 Å². The molecule has 0 saturated carbocycles. The van der Waals surface area contributed by atoms with Crippen molar-refractivity contribution >= 4 is 39.0 Å². The third-order valence-corrected chi connectivity index (χ3v) is 5.24. The fourth-order valence-corrected chi connectivity index (χ4v) is 3.98. The third-order valence-electron chi connectivity index (χ3n) is 4.45. The highest BCUT2D eigenvalue weighted by molar-refractivity contribution is 7.16. The first-order chi connectivity index (χ1) is 11.5. The molecule has 122 valence electrons. The molecule has 2 amide bonds. The number of pyridine rings is 1. The topological polar surface area (TPSA) is 49.3 Å². The van der Waals surface area contributed by atoms with Crippen LogP contribution in [0.4, 0.5) is 16.2 Å². The molecule has 1 saturated heterocycles. The zero-order valence-electron chi connectivity index (χ0n) is 13.9. The summed E-state index contributed by atoms with van der Waals surface area (Å²) in [6, 6.07) is 7.91. The average Bonchev–Trinajstić information content (AvgIpc) is 3.09. The van der Waals surface area contributed by atoms with Crippen molar-refractivity contribution in [3.8, 4) is 0 Å². The highest BCUT2D eigenvalue weighted by Gasteiger charge is 2.45. The van der Waals surface area contributed by atoms with E-state index in [1.165, 1.54) is 0 Å². The van der Waals surface area contributed by atoms with Gasteiger partial charge in [0.05, 0.1) is 39.7 Å². The Hall–Kier alpha value is -2.47. The maximum atomic E-state index is 13.2. The molecule has 0 bridgehead atoms. The van der Waals surface area contributed by atoms with Gasteiger partial charge in [0.15, 0.2) is 0 Å². The molecule has 0 spiro atoms. The van der Waals surface area contributed by atoms with E-state index in [1.807, 2.05) is 46.5 Å². The van der Waals surface area contributed by atoms with Crippen molar-refractivity contribution in [1.82, 2.24) is 9.97 Å². The fraction of sp³-hybridized carbons (Fsp3) is 0.278. The largest absolute Gasteiger partial charge is 0.329 e. The normalized spacial score (nSPS) is 17.0. The summed E-state index contributed by atoms with van der Waals surface area (Å²) < 4.78 is 1.09. The van der Waals surface area contributed by atoms with Crippen molar-refractivity contribution in [1.29, 1.82) is 0 Å². The van der Waals surface area contributed by atoms with Gasteiger partial charge in [0, 0.05) is 11.9 Å². The van der Waals surface area contributed by atoms with E-state index in [0.29, 0.717) is 6.54 Å². The molecule has 0 N–H and O–H groups in total. The van der Waals surface area contributed by atoms with Crippen LogP contribution in [-0.4, -0.2) is 28.1 Å². The van der Waals surface area contributed by atoms with Crippen LogP contribution in [0.1, 0.15) is 19.4 Å². The van der Waals surface area contributed by atoms with Gasteiger partial charge in [-0.15, -0.1) is 11.3 Å². The number of fused-ring (bicyclic) bond motifs is 1. The lowest BCUT2D eigenvalue weighted by Crippen LogP contribution is -2.42. The van der Waals surface area contributed by atoms with Crippen molar-refractivity contribution in [3.63, 3.8) is 0 Å². The number of hydrogen-bond donors (Lipinski definition) is 0. The van der Waals surface area contributed by atoms with Gasteiger partial charge in [0.2, 0.25) is 0 Å². The van der Waals surface area contributed by atoms with E-state index in [9.17, 15) is 4.79 Å². The van der Waals surface area contributed by atoms with Gasteiger partial charge in [-0.2, -0.15) is 0 Å². The van der Waals surface area contributed by atoms with Gasteiger partial charge in [0.25, 0.3) is 0 Å². The number of urea groups is 1. The van der Waals surface area contributed by atoms with Gasteiger partial charge in [-0.1, -0.05) is 0 Å². The smallest absolute Gasteiger partial charge is 0.290 e. The number of rotatable bonds is 2. The van der Waals surface area contributed by atoms with Crippen LogP contribution in [0.5, 0.6) is 0 Å². The second-order valence-corrected chi connectivity index (χ2v) is 7.57. The number of hydrogen-bond acceptors (Lipinski definition) is 4. The Morgan fingerprint density at radius 2 is 2.08 bits per heavy atom. The Bertz CT molecular complexity index is 933. The fourth-order valence-electron chi connectivity index (χ4n) is 3.27. The van der Waals surface area contributed by atoms with Gasteiger partial charge < -0.3 is 0 Å². The van der Waals surface area contributed by atoms with Crippen LogP contribution >= 0.6 is 11.3 Å². The van der Waals surface area contributed by atoms with E-state index in [1.54, 1.807) is 23.7 Å². The molecule has 4 rings (SSSR count). The standard InChI is InChI=1S/C18H18N4OS/c1-12-6-7-19-9-15(12)21-10-18(2,3)22(17(21)23)13-4-5-14-16(8-13)24-11-20-14/h4-9,11H,10H2,1-3H3.